The van der Waals surface area contributed by atoms with E-state index in [2.05, 4.69) is 34.6 Å². The average Bonchev–Trinajstić information content (AvgIpc) is 2.50. The first-order valence-electron chi connectivity index (χ1n) is 9.15. The molecule has 0 saturated carbocycles. The molecule has 0 rings (SSSR count). The molecule has 0 aromatic carbocycles. The normalized spacial score (nSPS) is 13.4. The molecule has 0 heteroatoms. The molecule has 3 atom stereocenters. The molecule has 0 aromatic heterocycles. The summed E-state index contributed by atoms with van der Waals surface area (Å²) in [6.07, 6.45) is 6.91. The maximum Gasteiger partial charge on any atom is -0.0391 e. The Balaban J connectivity index is -0.000000163. The Bertz CT molecular complexity index is 107. The minimum absolute atomic E-state index is 0.918. The van der Waals surface area contributed by atoms with Gasteiger partial charge in [0.05, 0.1) is 0 Å². The molecule has 0 aliphatic carbocycles. The lowest BCUT2D eigenvalue weighted by Gasteiger charge is -2.24. The van der Waals surface area contributed by atoms with Crippen LogP contribution in [-0.4, -0.2) is 0 Å². The summed E-state index contributed by atoms with van der Waals surface area (Å²) in [6.45, 7) is 23.8. The highest BCUT2D eigenvalue weighted by Gasteiger charge is 2.16. The van der Waals surface area contributed by atoms with E-state index in [1.54, 1.807) is 0 Å². The zero-order chi connectivity index (χ0) is 16.3. The molecule has 0 aromatic rings. The minimum Gasteiger partial charge on any atom is -0.0683 e. The van der Waals surface area contributed by atoms with E-state index in [4.69, 9.17) is 0 Å². The van der Waals surface area contributed by atoms with Gasteiger partial charge in [0.1, 0.15) is 0 Å². The lowest BCUT2D eigenvalue weighted by molar-refractivity contribution is 0.269. The monoisotopic (exact) mass is 274 g/mol. The molecule has 0 heterocycles. The fourth-order valence-corrected chi connectivity index (χ4v) is 2.26. The van der Waals surface area contributed by atoms with Crippen LogP contribution >= 0.6 is 0 Å². The van der Waals surface area contributed by atoms with Crippen LogP contribution in [0.2, 0.25) is 0 Å². The van der Waals surface area contributed by atoms with Gasteiger partial charge < -0.3 is 0 Å². The predicted octanol–water partition coefficient (Wildman–Crippen LogP) is 7.96. The summed E-state index contributed by atoms with van der Waals surface area (Å²) in [6, 6.07) is 0. The van der Waals surface area contributed by atoms with Crippen LogP contribution in [0.15, 0.2) is 0 Å². The van der Waals surface area contributed by atoms with E-state index in [1.165, 1.54) is 32.1 Å². The van der Waals surface area contributed by atoms with Crippen molar-refractivity contribution in [1.82, 2.24) is 0 Å². The molecular weight excluding hydrogens is 228 g/mol. The van der Waals surface area contributed by atoms with Gasteiger partial charge >= 0.3 is 0 Å². The van der Waals surface area contributed by atoms with Gasteiger partial charge in [0.25, 0.3) is 0 Å². The average molecular weight is 275 g/mol. The lowest BCUT2D eigenvalue weighted by atomic mass is 9.82. The summed E-state index contributed by atoms with van der Waals surface area (Å²) in [4.78, 5) is 0. The van der Waals surface area contributed by atoms with Crippen molar-refractivity contribution in [2.45, 2.75) is 108 Å². The van der Waals surface area contributed by atoms with E-state index in [0.29, 0.717) is 0 Å². The van der Waals surface area contributed by atoms with Crippen LogP contribution in [0.25, 0.3) is 0 Å². The molecule has 0 spiro atoms. The first-order valence-corrected chi connectivity index (χ1v) is 9.15. The van der Waals surface area contributed by atoms with Gasteiger partial charge in [-0.15, -0.1) is 0 Å². The molecule has 0 saturated heterocycles. The summed E-state index contributed by atoms with van der Waals surface area (Å²) in [5, 5.41) is 0. The predicted molar refractivity (Wildman–Crippen MR) is 96.0 cm³/mol. The third-order valence-electron chi connectivity index (χ3n) is 3.46. The summed E-state index contributed by atoms with van der Waals surface area (Å²) < 4.78 is 0. The zero-order valence-corrected chi connectivity index (χ0v) is 16.3. The van der Waals surface area contributed by atoms with Gasteiger partial charge in [-0.25, -0.2) is 0 Å². The van der Waals surface area contributed by atoms with Gasteiger partial charge in [-0.05, 0) is 24.2 Å². The third kappa shape index (κ3) is 20.5. The van der Waals surface area contributed by atoms with Crippen LogP contribution in [0.5, 0.6) is 0 Å². The first-order chi connectivity index (χ1) is 9.15. The fourth-order valence-electron chi connectivity index (χ4n) is 2.26. The summed E-state index contributed by atoms with van der Waals surface area (Å²) in [5.41, 5.74) is 0. The molecule has 0 bridgehead atoms. The van der Waals surface area contributed by atoms with Gasteiger partial charge in [0.15, 0.2) is 0 Å². The van der Waals surface area contributed by atoms with Crippen LogP contribution in [0.1, 0.15) is 108 Å². The minimum atomic E-state index is 0.918. The lowest BCUT2D eigenvalue weighted by Crippen LogP contribution is -2.13. The molecule has 3 unspecified atom stereocenters. The molecular formula is C19H46. The molecule has 0 fully saturated rings. The van der Waals surface area contributed by atoms with E-state index in [-0.39, 0.29) is 0 Å². The van der Waals surface area contributed by atoms with E-state index in [9.17, 15) is 0 Å². The maximum atomic E-state index is 2.44. The Morgan fingerprint density at radius 1 is 0.684 bits per heavy atom. The van der Waals surface area contributed by atoms with Crippen molar-refractivity contribution in [2.75, 3.05) is 0 Å². The van der Waals surface area contributed by atoms with E-state index < -0.39 is 0 Å². The van der Waals surface area contributed by atoms with Gasteiger partial charge in [-0.3, -0.25) is 0 Å². The highest BCUT2D eigenvalue weighted by molar-refractivity contribution is 4.67. The molecule has 0 aliphatic rings. The molecule has 19 heavy (non-hydrogen) atoms. The van der Waals surface area contributed by atoms with E-state index in [0.717, 1.165) is 17.8 Å². The fraction of sp³-hybridized carbons (Fsp3) is 1.00. The van der Waals surface area contributed by atoms with Crippen molar-refractivity contribution in [3.63, 3.8) is 0 Å². The van der Waals surface area contributed by atoms with Crippen LogP contribution < -0.4 is 0 Å². The Morgan fingerprint density at radius 3 is 1.37 bits per heavy atom. The molecule has 0 amide bonds. The zero-order valence-electron chi connectivity index (χ0n) is 16.3. The second kappa shape index (κ2) is 26.5. The van der Waals surface area contributed by atoms with E-state index >= 15 is 0 Å². The van der Waals surface area contributed by atoms with Crippen LogP contribution in [0.4, 0.5) is 0 Å². The van der Waals surface area contributed by atoms with Gasteiger partial charge in [0.2, 0.25) is 0 Å². The van der Waals surface area contributed by atoms with Crippen molar-refractivity contribution in [2.24, 2.45) is 17.8 Å². The summed E-state index contributed by atoms with van der Waals surface area (Å²) in [7, 11) is 0. The Labute approximate surface area is 126 Å². The number of rotatable bonds is 7. The molecule has 0 N–H and O–H groups in total. The van der Waals surface area contributed by atoms with Gasteiger partial charge in [-0.1, -0.05) is 102 Å². The quantitative estimate of drug-likeness (QED) is 0.441. The SMILES string of the molecule is CC.CC.CC.CCCC(CC)C(C)CC(C)CC. The second-order valence-electron chi connectivity index (χ2n) is 4.68. The van der Waals surface area contributed by atoms with Crippen LogP contribution in [0.3, 0.4) is 0 Å². The van der Waals surface area contributed by atoms with Crippen molar-refractivity contribution >= 4 is 0 Å². The molecule has 0 nitrogen and oxygen atoms in total. The number of hydrogen-bond donors (Lipinski definition) is 0. The standard InChI is InChI=1S/C13H28.3C2H6/c1-6-9-13(8-3)12(5)10-11(4)7-2;3*1-2/h11-13H,6-10H2,1-5H3;3*1-2H3. The highest BCUT2D eigenvalue weighted by Crippen LogP contribution is 2.27. The van der Waals surface area contributed by atoms with Crippen molar-refractivity contribution in [3.8, 4) is 0 Å². The molecule has 122 valence electrons. The first kappa shape index (κ1) is 27.4. The summed E-state index contributed by atoms with van der Waals surface area (Å²) >= 11 is 0. The molecule has 0 radical (unpaired) electrons. The second-order valence-corrected chi connectivity index (χ2v) is 4.68. The Hall–Kier alpha value is 0. The van der Waals surface area contributed by atoms with Crippen LogP contribution in [0, 0.1) is 17.8 Å². The Morgan fingerprint density at radius 2 is 1.11 bits per heavy atom. The maximum absolute atomic E-state index is 2.44. The smallest absolute Gasteiger partial charge is 0.0391 e. The highest BCUT2D eigenvalue weighted by atomic mass is 14.2. The van der Waals surface area contributed by atoms with Crippen molar-refractivity contribution < 1.29 is 0 Å². The van der Waals surface area contributed by atoms with Crippen molar-refractivity contribution in [3.05, 3.63) is 0 Å². The third-order valence-corrected chi connectivity index (χ3v) is 3.46. The largest absolute Gasteiger partial charge is 0.0683 e. The Kier molecular flexibility index (Phi) is 38.2. The van der Waals surface area contributed by atoms with Crippen LogP contribution in [-0.2, 0) is 0 Å². The molecule has 0 aliphatic heterocycles. The van der Waals surface area contributed by atoms with E-state index in [1.807, 2.05) is 41.5 Å². The van der Waals surface area contributed by atoms with Crippen molar-refractivity contribution in [1.29, 1.82) is 0 Å². The topological polar surface area (TPSA) is 0 Å². The number of hydrogen-bond acceptors (Lipinski definition) is 0. The van der Waals surface area contributed by atoms with Gasteiger partial charge in [-0.2, -0.15) is 0 Å². The summed E-state index contributed by atoms with van der Waals surface area (Å²) in [5.74, 6) is 2.82. The van der Waals surface area contributed by atoms with Gasteiger partial charge in [0, 0.05) is 0 Å².